The van der Waals surface area contributed by atoms with Gasteiger partial charge in [-0.25, -0.2) is 4.39 Å². The Kier molecular flexibility index (Phi) is 5.53. The van der Waals surface area contributed by atoms with Crippen molar-refractivity contribution in [1.82, 2.24) is 15.5 Å². The number of nitrogens with one attached hydrogen (secondary N) is 2. The SMILES string of the molecule is CC(C(=O)NC1CCCNC1=O)N1CCN(c2ccc(F)cc2)CC1. The second kappa shape index (κ2) is 7.82. The maximum atomic E-state index is 13.0. The minimum Gasteiger partial charge on any atom is -0.369 e. The van der Waals surface area contributed by atoms with Crippen LogP contribution in [-0.4, -0.2) is 61.5 Å². The highest BCUT2D eigenvalue weighted by Crippen LogP contribution is 2.18. The lowest BCUT2D eigenvalue weighted by Gasteiger charge is -2.39. The molecule has 2 atom stereocenters. The number of piperidine rings is 1. The highest BCUT2D eigenvalue weighted by molar-refractivity contribution is 5.89. The molecule has 1 aromatic carbocycles. The van der Waals surface area contributed by atoms with Crippen LogP contribution in [-0.2, 0) is 9.59 Å². The van der Waals surface area contributed by atoms with Crippen LogP contribution >= 0.6 is 0 Å². The Bertz CT molecular complexity index is 614. The zero-order chi connectivity index (χ0) is 17.8. The quantitative estimate of drug-likeness (QED) is 0.842. The van der Waals surface area contributed by atoms with Gasteiger partial charge in [0.1, 0.15) is 11.9 Å². The monoisotopic (exact) mass is 348 g/mol. The van der Waals surface area contributed by atoms with E-state index in [2.05, 4.69) is 20.4 Å². The summed E-state index contributed by atoms with van der Waals surface area (Å²) in [5, 5.41) is 5.65. The van der Waals surface area contributed by atoms with Crippen LogP contribution in [0.25, 0.3) is 0 Å². The molecule has 0 radical (unpaired) electrons. The molecule has 0 bridgehead atoms. The maximum Gasteiger partial charge on any atom is 0.242 e. The van der Waals surface area contributed by atoms with Gasteiger partial charge in [-0.05, 0) is 44.0 Å². The lowest BCUT2D eigenvalue weighted by molar-refractivity contribution is -0.132. The maximum absolute atomic E-state index is 13.0. The van der Waals surface area contributed by atoms with Gasteiger partial charge in [0.2, 0.25) is 11.8 Å². The number of carbonyl (C=O) groups is 2. The minimum absolute atomic E-state index is 0.0899. The van der Waals surface area contributed by atoms with Gasteiger partial charge in [0.25, 0.3) is 0 Å². The first-order valence-electron chi connectivity index (χ1n) is 8.87. The topological polar surface area (TPSA) is 64.7 Å². The molecule has 2 unspecified atom stereocenters. The van der Waals surface area contributed by atoms with E-state index in [1.807, 2.05) is 6.92 Å². The Labute approximate surface area is 147 Å². The third-order valence-electron chi connectivity index (χ3n) is 5.03. The molecule has 2 N–H and O–H groups in total. The first-order chi connectivity index (χ1) is 12.0. The summed E-state index contributed by atoms with van der Waals surface area (Å²) in [7, 11) is 0. The normalized spacial score (nSPS) is 23.0. The van der Waals surface area contributed by atoms with Crippen molar-refractivity contribution in [2.45, 2.75) is 31.8 Å². The van der Waals surface area contributed by atoms with Crippen molar-refractivity contribution >= 4 is 17.5 Å². The number of benzene rings is 1. The van der Waals surface area contributed by atoms with Gasteiger partial charge in [-0.3, -0.25) is 14.5 Å². The van der Waals surface area contributed by atoms with Gasteiger partial charge in [-0.2, -0.15) is 0 Å². The second-order valence-corrected chi connectivity index (χ2v) is 6.67. The van der Waals surface area contributed by atoms with Crippen LogP contribution in [0.1, 0.15) is 19.8 Å². The fraction of sp³-hybridized carbons (Fsp3) is 0.556. The molecule has 2 heterocycles. The van der Waals surface area contributed by atoms with E-state index in [1.165, 1.54) is 12.1 Å². The third-order valence-corrected chi connectivity index (χ3v) is 5.03. The fourth-order valence-electron chi connectivity index (χ4n) is 3.39. The second-order valence-electron chi connectivity index (χ2n) is 6.67. The summed E-state index contributed by atoms with van der Waals surface area (Å²) in [6, 6.07) is 5.81. The van der Waals surface area contributed by atoms with Crippen molar-refractivity contribution in [3.05, 3.63) is 30.1 Å². The Hall–Kier alpha value is -2.15. The third kappa shape index (κ3) is 4.28. The van der Waals surface area contributed by atoms with Gasteiger partial charge in [-0.15, -0.1) is 0 Å². The molecule has 7 heteroatoms. The lowest BCUT2D eigenvalue weighted by Crippen LogP contribution is -2.57. The van der Waals surface area contributed by atoms with Gasteiger partial charge in [0.05, 0.1) is 6.04 Å². The van der Waals surface area contributed by atoms with Crippen molar-refractivity contribution in [2.24, 2.45) is 0 Å². The van der Waals surface area contributed by atoms with Crippen molar-refractivity contribution in [3.63, 3.8) is 0 Å². The van der Waals surface area contributed by atoms with Gasteiger partial charge >= 0.3 is 0 Å². The van der Waals surface area contributed by atoms with Gasteiger partial charge in [0.15, 0.2) is 0 Å². The standard InChI is InChI=1S/C18H25FN4O2/c1-13(17(24)21-16-3-2-8-20-18(16)25)22-9-11-23(12-10-22)15-6-4-14(19)5-7-15/h4-7,13,16H,2-3,8-12H2,1H3,(H,20,25)(H,21,24). The average Bonchev–Trinajstić information content (AvgIpc) is 2.64. The molecule has 2 saturated heterocycles. The number of rotatable bonds is 4. The van der Waals surface area contributed by atoms with Crippen LogP contribution in [0.15, 0.2) is 24.3 Å². The minimum atomic E-state index is -0.413. The Morgan fingerprint density at radius 3 is 2.56 bits per heavy atom. The summed E-state index contributed by atoms with van der Waals surface area (Å²) in [5.74, 6) is -0.426. The number of carbonyl (C=O) groups excluding carboxylic acids is 2. The van der Waals surface area contributed by atoms with E-state index in [1.54, 1.807) is 12.1 Å². The molecule has 0 aromatic heterocycles. The smallest absolute Gasteiger partial charge is 0.242 e. The lowest BCUT2D eigenvalue weighted by atomic mass is 10.1. The number of anilines is 1. The van der Waals surface area contributed by atoms with Crippen LogP contribution in [0, 0.1) is 5.82 Å². The first kappa shape index (κ1) is 17.7. The van der Waals surface area contributed by atoms with E-state index < -0.39 is 6.04 Å². The van der Waals surface area contributed by atoms with Crippen LogP contribution in [0.2, 0.25) is 0 Å². The number of hydrogen-bond donors (Lipinski definition) is 2. The first-order valence-corrected chi connectivity index (χ1v) is 8.87. The van der Waals surface area contributed by atoms with Crippen molar-refractivity contribution in [3.8, 4) is 0 Å². The van der Waals surface area contributed by atoms with Crippen LogP contribution in [0.3, 0.4) is 0 Å². The summed E-state index contributed by atoms with van der Waals surface area (Å²) in [6.07, 6.45) is 1.59. The van der Waals surface area contributed by atoms with E-state index in [9.17, 15) is 14.0 Å². The van der Waals surface area contributed by atoms with E-state index in [-0.39, 0.29) is 23.7 Å². The Morgan fingerprint density at radius 1 is 1.24 bits per heavy atom. The van der Waals surface area contributed by atoms with E-state index in [0.717, 1.165) is 38.3 Å². The summed E-state index contributed by atoms with van der Waals surface area (Å²) in [6.45, 7) is 5.64. The Balaban J connectivity index is 1.50. The molecule has 2 amide bonds. The molecule has 6 nitrogen and oxygen atoms in total. The molecule has 2 aliphatic rings. The highest BCUT2D eigenvalue weighted by Gasteiger charge is 2.29. The highest BCUT2D eigenvalue weighted by atomic mass is 19.1. The van der Waals surface area contributed by atoms with Crippen molar-refractivity contribution in [2.75, 3.05) is 37.6 Å². The van der Waals surface area contributed by atoms with Crippen molar-refractivity contribution < 1.29 is 14.0 Å². The zero-order valence-electron chi connectivity index (χ0n) is 14.5. The van der Waals surface area contributed by atoms with Gasteiger partial charge in [0, 0.05) is 38.4 Å². The molecule has 3 rings (SSSR count). The van der Waals surface area contributed by atoms with Crippen LogP contribution in [0.5, 0.6) is 0 Å². The summed E-state index contributed by atoms with van der Waals surface area (Å²) >= 11 is 0. The summed E-state index contributed by atoms with van der Waals surface area (Å²) in [5.41, 5.74) is 0.997. The molecular weight excluding hydrogens is 323 g/mol. The molecule has 2 aliphatic heterocycles. The van der Waals surface area contributed by atoms with Gasteiger partial charge in [-0.1, -0.05) is 0 Å². The zero-order valence-corrected chi connectivity index (χ0v) is 14.5. The van der Waals surface area contributed by atoms with Crippen LogP contribution in [0.4, 0.5) is 10.1 Å². The number of halogens is 1. The number of amides is 2. The van der Waals surface area contributed by atoms with Crippen molar-refractivity contribution in [1.29, 1.82) is 0 Å². The van der Waals surface area contributed by atoms with E-state index in [0.29, 0.717) is 13.0 Å². The number of piperazine rings is 1. The average molecular weight is 348 g/mol. The number of hydrogen-bond acceptors (Lipinski definition) is 4. The summed E-state index contributed by atoms with van der Waals surface area (Å²) < 4.78 is 13.0. The predicted molar refractivity (Wildman–Crippen MR) is 93.8 cm³/mol. The molecule has 0 spiro atoms. The summed E-state index contributed by atoms with van der Waals surface area (Å²) in [4.78, 5) is 28.5. The largest absolute Gasteiger partial charge is 0.369 e. The molecule has 0 aliphatic carbocycles. The molecule has 136 valence electrons. The molecule has 1 aromatic rings. The van der Waals surface area contributed by atoms with Gasteiger partial charge < -0.3 is 15.5 Å². The molecule has 25 heavy (non-hydrogen) atoms. The molecule has 0 saturated carbocycles. The predicted octanol–water partition coefficient (Wildman–Crippen LogP) is 0.731. The van der Waals surface area contributed by atoms with Crippen LogP contribution < -0.4 is 15.5 Å². The van der Waals surface area contributed by atoms with E-state index >= 15 is 0 Å². The Morgan fingerprint density at radius 2 is 1.92 bits per heavy atom. The van der Waals surface area contributed by atoms with E-state index in [4.69, 9.17) is 0 Å². The molecular formula is C18H25FN4O2. The fourth-order valence-corrected chi connectivity index (χ4v) is 3.39. The number of nitrogens with zero attached hydrogens (tertiary/aromatic N) is 2. The molecule has 2 fully saturated rings.